The quantitative estimate of drug-likeness (QED) is 0.689. The van der Waals surface area contributed by atoms with Crippen molar-refractivity contribution in [1.82, 2.24) is 5.32 Å². The van der Waals surface area contributed by atoms with E-state index in [9.17, 15) is 9.59 Å². The van der Waals surface area contributed by atoms with Gasteiger partial charge in [-0.15, -0.1) is 0 Å². The number of benzene rings is 2. The van der Waals surface area contributed by atoms with Gasteiger partial charge in [0.15, 0.2) is 0 Å². The van der Waals surface area contributed by atoms with Gasteiger partial charge in [-0.3, -0.25) is 9.59 Å². The summed E-state index contributed by atoms with van der Waals surface area (Å²) in [5.41, 5.74) is 3.36. The zero-order valence-electron chi connectivity index (χ0n) is 16.1. The molecule has 2 aromatic carbocycles. The first-order valence-electron chi connectivity index (χ1n) is 9.40. The van der Waals surface area contributed by atoms with Gasteiger partial charge in [-0.25, -0.2) is 0 Å². The summed E-state index contributed by atoms with van der Waals surface area (Å²) in [6.07, 6.45) is 1.12. The van der Waals surface area contributed by atoms with E-state index < -0.39 is 5.41 Å². The third-order valence-electron chi connectivity index (χ3n) is 5.51. The molecule has 1 heterocycles. The predicted molar refractivity (Wildman–Crippen MR) is 106 cm³/mol. The fraction of sp³-hybridized carbons (Fsp3) is 0.304. The number of esters is 1. The van der Waals surface area contributed by atoms with Crippen molar-refractivity contribution in [2.75, 3.05) is 7.11 Å². The van der Waals surface area contributed by atoms with E-state index in [4.69, 9.17) is 9.15 Å². The van der Waals surface area contributed by atoms with Crippen molar-refractivity contribution in [3.05, 3.63) is 71.0 Å². The molecule has 0 saturated carbocycles. The number of ether oxygens (including phenoxy) is 1. The molecule has 28 heavy (non-hydrogen) atoms. The minimum absolute atomic E-state index is 0.0589. The van der Waals surface area contributed by atoms with Crippen LogP contribution in [0.25, 0.3) is 11.0 Å². The van der Waals surface area contributed by atoms with Crippen molar-refractivity contribution in [1.29, 1.82) is 0 Å². The number of carbonyl (C=O) groups excluding carboxylic acids is 2. The molecule has 5 nitrogen and oxygen atoms in total. The van der Waals surface area contributed by atoms with Crippen LogP contribution in [0.5, 0.6) is 0 Å². The lowest BCUT2D eigenvalue weighted by molar-refractivity contribution is -0.148. The maximum Gasteiger partial charge on any atom is 0.306 e. The van der Waals surface area contributed by atoms with Gasteiger partial charge in [0.05, 0.1) is 25.5 Å². The smallest absolute Gasteiger partial charge is 0.306 e. The predicted octanol–water partition coefficient (Wildman–Crippen LogP) is 3.71. The molecular weight excluding hydrogens is 354 g/mol. The second kappa shape index (κ2) is 7.15. The minimum atomic E-state index is -0.820. The van der Waals surface area contributed by atoms with Crippen LogP contribution < -0.4 is 5.32 Å². The lowest BCUT2D eigenvalue weighted by atomic mass is 9.80. The summed E-state index contributed by atoms with van der Waals surface area (Å²) in [4.78, 5) is 25.2. The Morgan fingerprint density at radius 2 is 1.82 bits per heavy atom. The van der Waals surface area contributed by atoms with Crippen LogP contribution in [0.4, 0.5) is 0 Å². The van der Waals surface area contributed by atoms with Gasteiger partial charge in [-0.2, -0.15) is 0 Å². The number of carbonyl (C=O) groups is 2. The Balaban J connectivity index is 1.53. The van der Waals surface area contributed by atoms with E-state index in [2.05, 4.69) is 11.4 Å². The van der Waals surface area contributed by atoms with Gasteiger partial charge in [0.2, 0.25) is 5.91 Å². The second-order valence-corrected chi connectivity index (χ2v) is 7.59. The number of amides is 1. The normalized spacial score (nSPS) is 14.6. The van der Waals surface area contributed by atoms with E-state index in [-0.39, 0.29) is 24.8 Å². The molecule has 0 bridgehead atoms. The average Bonchev–Trinajstić information content (AvgIpc) is 3.26. The summed E-state index contributed by atoms with van der Waals surface area (Å²) < 4.78 is 10.7. The molecule has 3 aromatic rings. The summed E-state index contributed by atoms with van der Waals surface area (Å²) >= 11 is 0. The second-order valence-electron chi connectivity index (χ2n) is 7.59. The fourth-order valence-corrected chi connectivity index (χ4v) is 4.07. The third kappa shape index (κ3) is 3.40. The number of furan rings is 1. The summed E-state index contributed by atoms with van der Waals surface area (Å²) in [6.45, 7) is 2.31. The van der Waals surface area contributed by atoms with Crippen LogP contribution in [-0.4, -0.2) is 19.0 Å². The van der Waals surface area contributed by atoms with Gasteiger partial charge in [-0.05, 0) is 49.1 Å². The molecule has 1 N–H and O–H groups in total. The fourth-order valence-electron chi connectivity index (χ4n) is 4.07. The number of methoxy groups -OCH3 is 1. The number of rotatable bonds is 5. The molecule has 0 aliphatic heterocycles. The number of hydrogen-bond donors (Lipinski definition) is 1. The highest BCUT2D eigenvalue weighted by molar-refractivity contribution is 5.89. The van der Waals surface area contributed by atoms with E-state index in [0.717, 1.165) is 27.7 Å². The minimum Gasteiger partial charge on any atom is -0.469 e. The van der Waals surface area contributed by atoms with Crippen LogP contribution in [0.2, 0.25) is 0 Å². The Hall–Kier alpha value is -3.08. The van der Waals surface area contributed by atoms with E-state index in [1.807, 2.05) is 49.4 Å². The molecule has 1 aliphatic carbocycles. The van der Waals surface area contributed by atoms with Gasteiger partial charge in [0.1, 0.15) is 11.3 Å². The van der Waals surface area contributed by atoms with Crippen LogP contribution in [0, 0.1) is 12.3 Å². The van der Waals surface area contributed by atoms with Crippen molar-refractivity contribution in [3.63, 3.8) is 0 Å². The van der Waals surface area contributed by atoms with Crippen LogP contribution in [0.1, 0.15) is 28.9 Å². The number of aryl methyl sites for hydroxylation is 1. The standard InChI is InChI=1S/C23H23NO4/c1-15-7-8-20-18(9-15)10-19(28-20)14-24-22(26)23(13-21(25)27-2)11-16-5-3-4-6-17(16)12-23/h3-10H,11-14H2,1-2H3,(H,24,26). The zero-order valence-corrected chi connectivity index (χ0v) is 16.1. The molecule has 144 valence electrons. The molecule has 0 unspecified atom stereocenters. The highest BCUT2D eigenvalue weighted by Gasteiger charge is 2.45. The zero-order chi connectivity index (χ0) is 19.7. The first kappa shape index (κ1) is 18.3. The van der Waals surface area contributed by atoms with Gasteiger partial charge < -0.3 is 14.5 Å². The van der Waals surface area contributed by atoms with Crippen LogP contribution in [-0.2, 0) is 33.7 Å². The maximum atomic E-state index is 13.2. The number of nitrogens with one attached hydrogen (secondary N) is 1. The van der Waals surface area contributed by atoms with E-state index in [1.54, 1.807) is 0 Å². The lowest BCUT2D eigenvalue weighted by Crippen LogP contribution is -2.43. The molecule has 1 amide bonds. The third-order valence-corrected chi connectivity index (χ3v) is 5.51. The van der Waals surface area contributed by atoms with Crippen molar-refractivity contribution in [2.24, 2.45) is 5.41 Å². The van der Waals surface area contributed by atoms with Crippen molar-refractivity contribution in [3.8, 4) is 0 Å². The highest BCUT2D eigenvalue weighted by atomic mass is 16.5. The summed E-state index contributed by atoms with van der Waals surface area (Å²) in [7, 11) is 1.35. The summed E-state index contributed by atoms with van der Waals surface area (Å²) in [6, 6.07) is 15.9. The molecule has 0 spiro atoms. The molecule has 4 rings (SSSR count). The Morgan fingerprint density at radius 3 is 2.50 bits per heavy atom. The molecule has 0 fully saturated rings. The molecule has 0 atom stereocenters. The number of fused-ring (bicyclic) bond motifs is 2. The van der Waals surface area contributed by atoms with E-state index in [0.29, 0.717) is 18.6 Å². The van der Waals surface area contributed by atoms with Gasteiger partial charge in [0, 0.05) is 5.39 Å². The van der Waals surface area contributed by atoms with Crippen LogP contribution >= 0.6 is 0 Å². The average molecular weight is 377 g/mol. The van der Waals surface area contributed by atoms with Crippen molar-refractivity contribution in [2.45, 2.75) is 32.7 Å². The Kier molecular flexibility index (Phi) is 4.67. The van der Waals surface area contributed by atoms with E-state index in [1.165, 1.54) is 7.11 Å². The molecule has 1 aliphatic rings. The summed E-state index contributed by atoms with van der Waals surface area (Å²) in [5, 5.41) is 4.00. The molecule has 0 radical (unpaired) electrons. The molecule has 0 saturated heterocycles. The van der Waals surface area contributed by atoms with Crippen LogP contribution in [0.15, 0.2) is 52.9 Å². The largest absolute Gasteiger partial charge is 0.469 e. The molecular formula is C23H23NO4. The number of hydrogen-bond acceptors (Lipinski definition) is 4. The van der Waals surface area contributed by atoms with E-state index >= 15 is 0 Å². The first-order chi connectivity index (χ1) is 13.5. The monoisotopic (exact) mass is 377 g/mol. The molecule has 5 heteroatoms. The summed E-state index contributed by atoms with van der Waals surface area (Å²) in [5.74, 6) is 0.172. The maximum absolute atomic E-state index is 13.2. The molecule has 1 aromatic heterocycles. The van der Waals surface area contributed by atoms with Gasteiger partial charge in [0.25, 0.3) is 0 Å². The lowest BCUT2D eigenvalue weighted by Gasteiger charge is -2.26. The van der Waals surface area contributed by atoms with Crippen LogP contribution in [0.3, 0.4) is 0 Å². The van der Waals surface area contributed by atoms with Gasteiger partial charge >= 0.3 is 5.97 Å². The van der Waals surface area contributed by atoms with Crippen molar-refractivity contribution < 1.29 is 18.7 Å². The Labute approximate surface area is 163 Å². The Morgan fingerprint density at radius 1 is 1.11 bits per heavy atom. The first-order valence-corrected chi connectivity index (χ1v) is 9.40. The highest BCUT2D eigenvalue weighted by Crippen LogP contribution is 2.40. The topological polar surface area (TPSA) is 68.5 Å². The van der Waals surface area contributed by atoms with Crippen molar-refractivity contribution >= 4 is 22.8 Å². The Bertz CT molecular complexity index is 1020. The SMILES string of the molecule is COC(=O)CC1(C(=O)NCc2cc3cc(C)ccc3o2)Cc2ccccc2C1. The van der Waals surface area contributed by atoms with Gasteiger partial charge in [-0.1, -0.05) is 35.9 Å².